The highest BCUT2D eigenvalue weighted by atomic mass is 32.2. The molecule has 51 heavy (non-hydrogen) atoms. The van der Waals surface area contributed by atoms with Crippen LogP contribution in [0.1, 0.15) is 0 Å². The van der Waals surface area contributed by atoms with Crippen molar-refractivity contribution in [2.75, 3.05) is 4.90 Å². The zero-order valence-electron chi connectivity index (χ0n) is 27.9. The van der Waals surface area contributed by atoms with Crippen molar-refractivity contribution in [2.45, 2.75) is 9.79 Å². The summed E-state index contributed by atoms with van der Waals surface area (Å²) in [5, 5.41) is 5.93. The lowest BCUT2D eigenvalue weighted by molar-refractivity contribution is 1.23. The van der Waals surface area contributed by atoms with E-state index in [-0.39, 0.29) is 0 Å². The Kier molecular flexibility index (Phi) is 7.16. The summed E-state index contributed by atoms with van der Waals surface area (Å²) in [6.07, 6.45) is 0. The van der Waals surface area contributed by atoms with Crippen molar-refractivity contribution >= 4 is 57.6 Å². The molecule has 3 heteroatoms. The Morgan fingerprint density at radius 1 is 0.333 bits per heavy atom. The van der Waals surface area contributed by atoms with Crippen LogP contribution in [0, 0.1) is 0 Å². The Labute approximate surface area is 304 Å². The van der Waals surface area contributed by atoms with Gasteiger partial charge in [-0.3, -0.25) is 0 Å². The summed E-state index contributed by atoms with van der Waals surface area (Å²) in [5.74, 6) is 0. The summed E-state index contributed by atoms with van der Waals surface area (Å²) in [6, 6.07) is 74.0. The molecule has 0 radical (unpaired) electrons. The predicted octanol–water partition coefficient (Wildman–Crippen LogP) is 10.3. The molecule has 0 aliphatic carbocycles. The van der Waals surface area contributed by atoms with Gasteiger partial charge in [0.1, 0.15) is 0 Å². The minimum Gasteiger partial charge on any atom is -0.309 e. The predicted molar refractivity (Wildman–Crippen MR) is 219 cm³/mol. The average molecular weight is 684 g/mol. The Hall–Kier alpha value is -5.87. The molecule has 0 atom stereocenters. The van der Waals surface area contributed by atoms with Gasteiger partial charge in [-0.15, -0.1) is 0 Å². The summed E-state index contributed by atoms with van der Waals surface area (Å²) < 4.78 is 0. The monoisotopic (exact) mass is 683 g/mol. The van der Waals surface area contributed by atoms with E-state index in [4.69, 9.17) is 0 Å². The van der Waals surface area contributed by atoms with Crippen LogP contribution < -0.4 is 25.6 Å². The quantitative estimate of drug-likeness (QED) is 0.166. The number of rotatable bonds is 5. The fourth-order valence-electron chi connectivity index (χ4n) is 8.33. The molecule has 2 aliphatic rings. The topological polar surface area (TPSA) is 3.24 Å². The van der Waals surface area contributed by atoms with Crippen LogP contribution in [0.3, 0.4) is 0 Å². The van der Waals surface area contributed by atoms with E-state index in [0.717, 1.165) is 11.4 Å². The molecule has 0 saturated carbocycles. The third-order valence-electron chi connectivity index (χ3n) is 10.6. The van der Waals surface area contributed by atoms with Gasteiger partial charge in [-0.25, -0.2) is 0 Å². The van der Waals surface area contributed by atoms with Crippen LogP contribution in [-0.2, 0) is 0 Å². The highest BCUT2D eigenvalue weighted by molar-refractivity contribution is 8.00. The highest BCUT2D eigenvalue weighted by Crippen LogP contribution is 2.46. The van der Waals surface area contributed by atoms with Gasteiger partial charge in [-0.1, -0.05) is 176 Å². The first kappa shape index (κ1) is 30.0. The van der Waals surface area contributed by atoms with Crippen molar-refractivity contribution in [3.63, 3.8) is 0 Å². The van der Waals surface area contributed by atoms with Gasteiger partial charge in [0, 0.05) is 21.2 Å². The Balaban J connectivity index is 1.21. The molecule has 0 bridgehead atoms. The summed E-state index contributed by atoms with van der Waals surface area (Å²) in [6.45, 7) is 0. The maximum absolute atomic E-state index is 2.63. The third-order valence-corrected chi connectivity index (χ3v) is 17.1. The first-order valence-corrected chi connectivity index (χ1v) is 20.3. The molecule has 8 aromatic rings. The molecule has 8 aromatic carbocycles. The lowest BCUT2D eigenvalue weighted by Gasteiger charge is -2.39. The maximum Gasteiger partial charge on any atom is 0.183 e. The van der Waals surface area contributed by atoms with Crippen molar-refractivity contribution in [1.82, 2.24) is 0 Å². The second-order valence-corrected chi connectivity index (χ2v) is 18.0. The van der Waals surface area contributed by atoms with Crippen molar-refractivity contribution in [1.29, 1.82) is 0 Å². The summed E-state index contributed by atoms with van der Waals surface area (Å²) in [4.78, 5) is 5.17. The number of hydrogen-bond donors (Lipinski definition) is 0. The van der Waals surface area contributed by atoms with Gasteiger partial charge in [0.05, 0.1) is 5.69 Å². The molecule has 0 aromatic heterocycles. The van der Waals surface area contributed by atoms with Gasteiger partial charge in [0.15, 0.2) is 8.07 Å². The van der Waals surface area contributed by atoms with Crippen LogP contribution in [0.4, 0.5) is 17.1 Å². The minimum absolute atomic E-state index is 1.14. The summed E-state index contributed by atoms with van der Waals surface area (Å²) in [7, 11) is -2.63. The number of nitrogens with zero attached hydrogens (tertiary/aromatic N) is 1. The lowest BCUT2D eigenvalue weighted by atomic mass is 10.0. The van der Waals surface area contributed by atoms with Crippen LogP contribution in [-0.4, -0.2) is 8.07 Å². The van der Waals surface area contributed by atoms with Crippen molar-refractivity contribution in [3.8, 4) is 33.4 Å². The minimum atomic E-state index is -2.63. The lowest BCUT2D eigenvalue weighted by Crippen LogP contribution is -2.74. The normalized spacial score (nSPS) is 13.2. The molecule has 0 unspecified atom stereocenters. The van der Waals surface area contributed by atoms with E-state index in [1.807, 2.05) is 11.8 Å². The maximum atomic E-state index is 2.47. The number of benzene rings is 8. The molecule has 2 heterocycles. The van der Waals surface area contributed by atoms with Crippen LogP contribution in [0.2, 0.25) is 0 Å². The zero-order chi connectivity index (χ0) is 33.8. The summed E-state index contributed by atoms with van der Waals surface area (Å²) >= 11 is 1.93. The Bertz CT molecular complexity index is 2420. The fraction of sp³-hybridized carbons (Fsp3) is 0. The molecule has 0 N–H and O–H groups in total. The zero-order valence-corrected chi connectivity index (χ0v) is 29.7. The van der Waals surface area contributed by atoms with E-state index < -0.39 is 8.07 Å². The first-order chi connectivity index (χ1) is 25.3. The Morgan fingerprint density at radius 3 is 1.31 bits per heavy atom. The molecule has 1 spiro atoms. The number of hydrogen-bond acceptors (Lipinski definition) is 2. The first-order valence-electron chi connectivity index (χ1n) is 17.5. The fourth-order valence-corrected chi connectivity index (χ4v) is 15.8. The van der Waals surface area contributed by atoms with Gasteiger partial charge in [-0.05, 0) is 90.5 Å². The van der Waals surface area contributed by atoms with Gasteiger partial charge in [0.25, 0.3) is 0 Å². The molecule has 2 aliphatic heterocycles. The number of fused-ring (bicyclic) bond motifs is 9. The Morgan fingerprint density at radius 2 is 0.765 bits per heavy atom. The van der Waals surface area contributed by atoms with Gasteiger partial charge in [0.2, 0.25) is 0 Å². The number of anilines is 3. The molecule has 0 amide bonds. The van der Waals surface area contributed by atoms with Crippen LogP contribution in [0.15, 0.2) is 210 Å². The molecule has 240 valence electrons. The second kappa shape index (κ2) is 12.2. The molecule has 0 saturated heterocycles. The third kappa shape index (κ3) is 4.70. The van der Waals surface area contributed by atoms with Crippen LogP contribution in [0.5, 0.6) is 0 Å². The van der Waals surface area contributed by atoms with E-state index >= 15 is 0 Å². The van der Waals surface area contributed by atoms with Gasteiger partial charge < -0.3 is 4.90 Å². The second-order valence-electron chi connectivity index (χ2n) is 13.3. The molecule has 1 nitrogen and oxygen atoms in total. The molecule has 10 rings (SSSR count). The van der Waals surface area contributed by atoms with Crippen molar-refractivity contribution < 1.29 is 0 Å². The van der Waals surface area contributed by atoms with E-state index in [0.29, 0.717) is 0 Å². The van der Waals surface area contributed by atoms with Gasteiger partial charge >= 0.3 is 0 Å². The standard InChI is InChI=1S/C48H33NSSi/c1-3-14-34(15-4-1)36-26-30-38(31-27-36)49(39-32-28-37(29-33-39)35-16-5-2-6-17-35)42-20-13-25-47-48(42)50-43-21-9-12-24-46(43)51(47)44-22-10-7-18-40(44)41-19-8-11-23-45(41)51/h1-33H. The smallest absolute Gasteiger partial charge is 0.183 e. The van der Waals surface area contributed by atoms with Crippen molar-refractivity contribution in [3.05, 3.63) is 200 Å². The van der Waals surface area contributed by atoms with E-state index in [1.54, 1.807) is 0 Å². The SMILES string of the molecule is c1ccc(-c2ccc(N(c3ccc(-c4ccccc4)cc3)c3cccc4c3Sc3ccccc3[Si]43c4ccccc4-c4ccccc43)cc2)cc1. The van der Waals surface area contributed by atoms with Gasteiger partial charge in [-0.2, -0.15) is 0 Å². The largest absolute Gasteiger partial charge is 0.309 e. The molecular formula is C48H33NSSi. The van der Waals surface area contributed by atoms with Crippen LogP contribution >= 0.6 is 11.8 Å². The average Bonchev–Trinajstić information content (AvgIpc) is 3.50. The molecule has 0 fully saturated rings. The van der Waals surface area contributed by atoms with Crippen molar-refractivity contribution in [2.24, 2.45) is 0 Å². The van der Waals surface area contributed by atoms with E-state index in [1.165, 1.54) is 69.6 Å². The van der Waals surface area contributed by atoms with E-state index in [2.05, 4.69) is 205 Å². The van der Waals surface area contributed by atoms with E-state index in [9.17, 15) is 0 Å². The summed E-state index contributed by atoms with van der Waals surface area (Å²) in [5.41, 5.74) is 11.1. The van der Waals surface area contributed by atoms with Crippen LogP contribution in [0.25, 0.3) is 33.4 Å². The molecular weight excluding hydrogens is 651 g/mol. The highest BCUT2D eigenvalue weighted by Gasteiger charge is 2.53.